The minimum atomic E-state index is -0.443. The molecule has 0 spiro atoms. The van der Waals surface area contributed by atoms with Crippen LogP contribution in [0.1, 0.15) is 0 Å². The summed E-state index contributed by atoms with van der Waals surface area (Å²) in [5.41, 5.74) is 1.32. The zero-order valence-electron chi connectivity index (χ0n) is 12.9. The summed E-state index contributed by atoms with van der Waals surface area (Å²) in [6.07, 6.45) is 0. The Morgan fingerprint density at radius 2 is 1.88 bits per heavy atom. The number of amides is 2. The summed E-state index contributed by atoms with van der Waals surface area (Å²) in [4.78, 5) is 12.1. The number of nitrogens with zero attached hydrogens (tertiary/aromatic N) is 2. The number of benzene rings is 2. The van der Waals surface area contributed by atoms with Gasteiger partial charge in [-0.3, -0.25) is 5.32 Å². The van der Waals surface area contributed by atoms with Crippen LogP contribution >= 0.6 is 34.5 Å². The number of para-hydroxylation sites is 2. The van der Waals surface area contributed by atoms with Gasteiger partial charge in [-0.1, -0.05) is 52.7 Å². The molecule has 128 valence electrons. The molecule has 0 aliphatic heterocycles. The molecule has 2 amide bonds. The fraction of sp³-hybridized carbons (Fsp3) is 0.0625. The number of aromatic nitrogens is 2. The highest BCUT2D eigenvalue weighted by atomic mass is 35.5. The van der Waals surface area contributed by atoms with Crippen LogP contribution in [-0.4, -0.2) is 23.3 Å². The summed E-state index contributed by atoms with van der Waals surface area (Å²) in [5.74, 6) is 0.561. The molecule has 3 rings (SSSR count). The average molecular weight is 395 g/mol. The quantitative estimate of drug-likeness (QED) is 0.640. The molecule has 0 radical (unpaired) electrons. The Morgan fingerprint density at radius 1 is 1.08 bits per heavy atom. The molecule has 1 aromatic heterocycles. The summed E-state index contributed by atoms with van der Waals surface area (Å²) >= 11 is 13.1. The molecule has 25 heavy (non-hydrogen) atoms. The normalized spacial score (nSPS) is 10.4. The lowest BCUT2D eigenvalue weighted by atomic mass is 10.2. The molecule has 0 aliphatic rings. The first-order chi connectivity index (χ1) is 12.1. The molecule has 2 N–H and O–H groups in total. The zero-order valence-corrected chi connectivity index (χ0v) is 15.2. The number of carbonyl (C=O) groups excluding carboxylic acids is 1. The number of methoxy groups -OCH3 is 1. The van der Waals surface area contributed by atoms with E-state index in [4.69, 9.17) is 27.9 Å². The van der Waals surface area contributed by atoms with Gasteiger partial charge in [0.15, 0.2) is 0 Å². The number of anilines is 2. The van der Waals surface area contributed by atoms with Gasteiger partial charge in [0.2, 0.25) is 5.13 Å². The van der Waals surface area contributed by atoms with Gasteiger partial charge in [0, 0.05) is 5.56 Å². The molecule has 0 aliphatic carbocycles. The van der Waals surface area contributed by atoms with Crippen LogP contribution in [0.25, 0.3) is 10.6 Å². The fourth-order valence-electron chi connectivity index (χ4n) is 2.02. The average Bonchev–Trinajstić information content (AvgIpc) is 3.06. The van der Waals surface area contributed by atoms with E-state index in [1.54, 1.807) is 36.4 Å². The summed E-state index contributed by atoms with van der Waals surface area (Å²) in [6.45, 7) is 0. The van der Waals surface area contributed by atoms with Crippen LogP contribution in [-0.2, 0) is 0 Å². The van der Waals surface area contributed by atoms with Crippen molar-refractivity contribution in [3.63, 3.8) is 0 Å². The van der Waals surface area contributed by atoms with Crippen molar-refractivity contribution < 1.29 is 9.53 Å². The molecule has 0 unspecified atom stereocenters. The predicted molar refractivity (Wildman–Crippen MR) is 101 cm³/mol. The van der Waals surface area contributed by atoms with Crippen molar-refractivity contribution in [2.24, 2.45) is 0 Å². The van der Waals surface area contributed by atoms with Crippen molar-refractivity contribution in [2.75, 3.05) is 17.7 Å². The van der Waals surface area contributed by atoms with Crippen molar-refractivity contribution in [3.8, 4) is 16.3 Å². The number of rotatable bonds is 4. The standard InChI is InChI=1S/C16H12Cl2N4O2S/c1-24-13-5-3-2-4-12(13)19-15(23)20-16-22-21-14(25-16)9-6-7-10(17)11(18)8-9/h2-8H,1H3,(H2,19,20,22,23). The second-order valence-electron chi connectivity index (χ2n) is 4.82. The SMILES string of the molecule is COc1ccccc1NC(=O)Nc1nnc(-c2ccc(Cl)c(Cl)c2)s1. The Morgan fingerprint density at radius 3 is 2.64 bits per heavy atom. The third kappa shape index (κ3) is 4.19. The maximum absolute atomic E-state index is 12.1. The third-order valence-corrected chi connectivity index (χ3v) is 4.79. The molecule has 0 saturated heterocycles. The number of carbonyl (C=O) groups is 1. The van der Waals surface area contributed by atoms with Crippen LogP contribution in [0.5, 0.6) is 5.75 Å². The van der Waals surface area contributed by atoms with Gasteiger partial charge in [-0.15, -0.1) is 10.2 Å². The van der Waals surface area contributed by atoms with Gasteiger partial charge >= 0.3 is 6.03 Å². The molecule has 2 aromatic carbocycles. The van der Waals surface area contributed by atoms with Crippen LogP contribution in [0.4, 0.5) is 15.6 Å². The number of hydrogen-bond acceptors (Lipinski definition) is 5. The second-order valence-corrected chi connectivity index (χ2v) is 6.61. The van der Waals surface area contributed by atoms with E-state index >= 15 is 0 Å². The Labute approximate surface area is 157 Å². The Balaban J connectivity index is 1.70. The maximum atomic E-state index is 12.1. The summed E-state index contributed by atoms with van der Waals surface area (Å²) in [6, 6.07) is 11.8. The van der Waals surface area contributed by atoms with E-state index in [2.05, 4.69) is 20.8 Å². The molecular weight excluding hydrogens is 383 g/mol. The minimum Gasteiger partial charge on any atom is -0.495 e. The van der Waals surface area contributed by atoms with E-state index in [-0.39, 0.29) is 0 Å². The second kappa shape index (κ2) is 7.69. The van der Waals surface area contributed by atoms with Crippen LogP contribution < -0.4 is 15.4 Å². The molecule has 0 saturated carbocycles. The summed E-state index contributed by atoms with van der Waals surface area (Å²) < 4.78 is 5.19. The van der Waals surface area contributed by atoms with Gasteiger partial charge in [-0.25, -0.2) is 4.79 Å². The van der Waals surface area contributed by atoms with Crippen LogP contribution in [0.2, 0.25) is 10.0 Å². The van der Waals surface area contributed by atoms with Gasteiger partial charge < -0.3 is 10.1 Å². The molecular formula is C16H12Cl2N4O2S. The molecule has 9 heteroatoms. The van der Waals surface area contributed by atoms with Crippen LogP contribution in [0.3, 0.4) is 0 Å². The van der Waals surface area contributed by atoms with E-state index in [1.165, 1.54) is 18.4 Å². The topological polar surface area (TPSA) is 76.1 Å². The van der Waals surface area contributed by atoms with Crippen molar-refractivity contribution >= 4 is 51.4 Å². The van der Waals surface area contributed by atoms with E-state index in [9.17, 15) is 4.79 Å². The Bertz CT molecular complexity index is 917. The number of nitrogens with one attached hydrogen (secondary N) is 2. The minimum absolute atomic E-state index is 0.355. The molecule has 0 bridgehead atoms. The van der Waals surface area contributed by atoms with Crippen molar-refractivity contribution in [3.05, 3.63) is 52.5 Å². The summed E-state index contributed by atoms with van der Waals surface area (Å²) in [7, 11) is 1.53. The first-order valence-electron chi connectivity index (χ1n) is 7.07. The lowest BCUT2D eigenvalue weighted by Crippen LogP contribution is -2.19. The molecule has 3 aromatic rings. The number of halogens is 2. The van der Waals surface area contributed by atoms with Crippen molar-refractivity contribution in [1.29, 1.82) is 0 Å². The van der Waals surface area contributed by atoms with Gasteiger partial charge in [0.25, 0.3) is 0 Å². The Hall–Kier alpha value is -2.35. The molecule has 6 nitrogen and oxygen atoms in total. The predicted octanol–water partition coefficient (Wildman–Crippen LogP) is 5.16. The first kappa shape index (κ1) is 17.5. The highest BCUT2D eigenvalue weighted by Gasteiger charge is 2.12. The zero-order chi connectivity index (χ0) is 17.8. The monoisotopic (exact) mass is 394 g/mol. The molecule has 0 atom stereocenters. The van der Waals surface area contributed by atoms with E-state index in [0.29, 0.717) is 31.6 Å². The van der Waals surface area contributed by atoms with Gasteiger partial charge in [-0.05, 0) is 24.3 Å². The van der Waals surface area contributed by atoms with E-state index in [1.807, 2.05) is 6.07 Å². The lowest BCUT2D eigenvalue weighted by molar-refractivity contribution is 0.262. The number of urea groups is 1. The fourth-order valence-corrected chi connectivity index (χ4v) is 3.05. The highest BCUT2D eigenvalue weighted by Crippen LogP contribution is 2.31. The van der Waals surface area contributed by atoms with E-state index in [0.717, 1.165) is 5.56 Å². The first-order valence-corrected chi connectivity index (χ1v) is 8.64. The van der Waals surface area contributed by atoms with Gasteiger partial charge in [0.1, 0.15) is 10.8 Å². The molecule has 1 heterocycles. The van der Waals surface area contributed by atoms with Gasteiger partial charge in [-0.2, -0.15) is 0 Å². The van der Waals surface area contributed by atoms with Crippen molar-refractivity contribution in [1.82, 2.24) is 10.2 Å². The number of hydrogen-bond donors (Lipinski definition) is 2. The van der Waals surface area contributed by atoms with E-state index < -0.39 is 6.03 Å². The van der Waals surface area contributed by atoms with Crippen LogP contribution in [0, 0.1) is 0 Å². The largest absolute Gasteiger partial charge is 0.495 e. The lowest BCUT2D eigenvalue weighted by Gasteiger charge is -2.09. The smallest absolute Gasteiger partial charge is 0.325 e. The molecule has 0 fully saturated rings. The Kier molecular flexibility index (Phi) is 5.37. The van der Waals surface area contributed by atoms with Crippen LogP contribution in [0.15, 0.2) is 42.5 Å². The number of ether oxygens (including phenoxy) is 1. The maximum Gasteiger partial charge on any atom is 0.325 e. The third-order valence-electron chi connectivity index (χ3n) is 3.17. The summed E-state index contributed by atoms with van der Waals surface area (Å²) in [5, 5.41) is 15.2. The van der Waals surface area contributed by atoms with Gasteiger partial charge in [0.05, 0.1) is 22.8 Å². The van der Waals surface area contributed by atoms with Crippen molar-refractivity contribution in [2.45, 2.75) is 0 Å². The highest BCUT2D eigenvalue weighted by molar-refractivity contribution is 7.18.